The molecule has 5 heteroatoms. The zero-order valence-corrected chi connectivity index (χ0v) is 11.8. The minimum atomic E-state index is -0.502. The van der Waals surface area contributed by atoms with Gasteiger partial charge < -0.3 is 9.47 Å². The van der Waals surface area contributed by atoms with Crippen LogP contribution < -0.4 is 4.74 Å². The molecule has 0 amide bonds. The molecule has 0 aliphatic heterocycles. The van der Waals surface area contributed by atoms with Crippen LogP contribution in [0.4, 0.5) is 0 Å². The van der Waals surface area contributed by atoms with Crippen molar-refractivity contribution in [3.8, 4) is 11.8 Å². The highest BCUT2D eigenvalue weighted by Crippen LogP contribution is 2.16. The molecule has 0 atom stereocenters. The van der Waals surface area contributed by atoms with E-state index in [0.717, 1.165) is 5.56 Å². The Labute approximate surface area is 127 Å². The van der Waals surface area contributed by atoms with Gasteiger partial charge in [0.25, 0.3) is 0 Å². The molecule has 0 spiro atoms. The van der Waals surface area contributed by atoms with Gasteiger partial charge in [-0.05, 0) is 29.8 Å². The highest BCUT2D eigenvalue weighted by atomic mass is 35.5. The highest BCUT2D eigenvalue weighted by molar-refractivity contribution is 6.30. The van der Waals surface area contributed by atoms with E-state index >= 15 is 0 Å². The summed E-state index contributed by atoms with van der Waals surface area (Å²) in [6.07, 6.45) is 0. The minimum Gasteiger partial charge on any atom is -0.481 e. The van der Waals surface area contributed by atoms with Gasteiger partial charge >= 0.3 is 5.97 Å². The molecule has 0 unspecified atom stereocenters. The second-order valence-electron chi connectivity index (χ2n) is 4.18. The zero-order chi connectivity index (χ0) is 15.1. The summed E-state index contributed by atoms with van der Waals surface area (Å²) in [4.78, 5) is 11.6. The summed E-state index contributed by atoms with van der Waals surface area (Å²) in [6.45, 7) is -0.0917. The number of carbonyl (C=O) groups is 1. The maximum atomic E-state index is 11.6. The molecule has 0 aromatic heterocycles. The monoisotopic (exact) mass is 301 g/mol. The first kappa shape index (κ1) is 14.9. The normalized spacial score (nSPS) is 9.71. The topological polar surface area (TPSA) is 59.3 Å². The molecule has 2 aromatic rings. The maximum Gasteiger partial charge on any atom is 0.344 e. The number of hydrogen-bond donors (Lipinski definition) is 0. The zero-order valence-electron chi connectivity index (χ0n) is 11.1. The molecule has 2 aromatic carbocycles. The van der Waals surface area contributed by atoms with E-state index in [0.29, 0.717) is 16.3 Å². The van der Waals surface area contributed by atoms with E-state index in [4.69, 9.17) is 26.3 Å². The van der Waals surface area contributed by atoms with Crippen LogP contribution in [-0.4, -0.2) is 12.6 Å². The van der Waals surface area contributed by atoms with E-state index in [1.807, 2.05) is 6.07 Å². The largest absolute Gasteiger partial charge is 0.481 e. The third-order valence-corrected chi connectivity index (χ3v) is 2.92. The third-order valence-electron chi connectivity index (χ3n) is 2.67. The van der Waals surface area contributed by atoms with Crippen LogP contribution in [0.15, 0.2) is 48.5 Å². The predicted octanol–water partition coefficient (Wildman–Crippen LogP) is 3.33. The molecule has 21 heavy (non-hydrogen) atoms. The number of ether oxygens (including phenoxy) is 2. The Morgan fingerprint density at radius 1 is 1.14 bits per heavy atom. The quantitative estimate of drug-likeness (QED) is 0.795. The maximum absolute atomic E-state index is 11.6. The fourth-order valence-corrected chi connectivity index (χ4v) is 1.73. The molecule has 0 bridgehead atoms. The molecule has 0 radical (unpaired) electrons. The fraction of sp³-hybridized carbons (Fsp3) is 0.125. The summed E-state index contributed by atoms with van der Waals surface area (Å²) in [5.74, 6) is -0.138. The summed E-state index contributed by atoms with van der Waals surface area (Å²) in [6, 6.07) is 15.7. The van der Waals surface area contributed by atoms with Crippen LogP contribution in [0.2, 0.25) is 5.02 Å². The Morgan fingerprint density at radius 2 is 1.86 bits per heavy atom. The fourth-order valence-electron chi connectivity index (χ4n) is 1.61. The van der Waals surface area contributed by atoms with Crippen LogP contribution in [0.3, 0.4) is 0 Å². The van der Waals surface area contributed by atoms with E-state index in [9.17, 15) is 4.79 Å². The minimum absolute atomic E-state index is 0.152. The lowest BCUT2D eigenvalue weighted by atomic mass is 10.2. The molecule has 0 fully saturated rings. The van der Waals surface area contributed by atoms with E-state index < -0.39 is 5.97 Å². The van der Waals surface area contributed by atoms with Gasteiger partial charge in [-0.2, -0.15) is 5.26 Å². The summed E-state index contributed by atoms with van der Waals surface area (Å²) in [5.41, 5.74) is 1.22. The second-order valence-corrected chi connectivity index (χ2v) is 4.62. The van der Waals surface area contributed by atoms with Crippen molar-refractivity contribution in [2.24, 2.45) is 0 Å². The van der Waals surface area contributed by atoms with Crippen LogP contribution in [0.1, 0.15) is 11.1 Å². The Kier molecular flexibility index (Phi) is 5.19. The molecule has 0 N–H and O–H groups in total. The standard InChI is InChI=1S/C16H12ClNO3/c17-14-7-5-12(6-8-14)10-21-16(19)11-20-15-4-2-1-3-13(15)9-18/h1-8H,10-11H2. The number of halogens is 1. The van der Waals surface area contributed by atoms with Crippen molar-refractivity contribution in [1.29, 1.82) is 5.26 Å². The number of benzene rings is 2. The Balaban J connectivity index is 1.82. The Hall–Kier alpha value is -2.51. The van der Waals surface area contributed by atoms with Gasteiger partial charge in [0.2, 0.25) is 0 Å². The van der Waals surface area contributed by atoms with Gasteiger partial charge in [0.1, 0.15) is 18.4 Å². The van der Waals surface area contributed by atoms with E-state index in [2.05, 4.69) is 0 Å². The first-order valence-corrected chi connectivity index (χ1v) is 6.59. The summed E-state index contributed by atoms with van der Waals surface area (Å²) in [5, 5.41) is 9.53. The number of hydrogen-bond acceptors (Lipinski definition) is 4. The molecule has 106 valence electrons. The molecule has 0 heterocycles. The first-order valence-electron chi connectivity index (χ1n) is 6.21. The molecular weight excluding hydrogens is 290 g/mol. The number of para-hydroxylation sites is 1. The molecule has 0 aliphatic carbocycles. The van der Waals surface area contributed by atoms with Gasteiger partial charge in [-0.1, -0.05) is 35.9 Å². The van der Waals surface area contributed by atoms with Crippen molar-refractivity contribution in [2.45, 2.75) is 6.61 Å². The van der Waals surface area contributed by atoms with Gasteiger partial charge in [0.15, 0.2) is 6.61 Å². The van der Waals surface area contributed by atoms with E-state index in [-0.39, 0.29) is 13.2 Å². The Bertz CT molecular complexity index is 662. The molecule has 4 nitrogen and oxygen atoms in total. The van der Waals surface area contributed by atoms with Crippen LogP contribution in [0, 0.1) is 11.3 Å². The number of nitriles is 1. The van der Waals surface area contributed by atoms with Crippen molar-refractivity contribution in [2.75, 3.05) is 6.61 Å². The van der Waals surface area contributed by atoms with Crippen LogP contribution in [0.25, 0.3) is 0 Å². The van der Waals surface area contributed by atoms with Gasteiger partial charge in [0, 0.05) is 5.02 Å². The van der Waals surface area contributed by atoms with E-state index in [1.54, 1.807) is 48.5 Å². The van der Waals surface area contributed by atoms with Crippen LogP contribution >= 0.6 is 11.6 Å². The summed E-state index contributed by atoms with van der Waals surface area (Å²) < 4.78 is 10.4. The third kappa shape index (κ3) is 4.51. The average molecular weight is 302 g/mol. The lowest BCUT2D eigenvalue weighted by molar-refractivity contribution is -0.147. The van der Waals surface area contributed by atoms with E-state index in [1.165, 1.54) is 0 Å². The van der Waals surface area contributed by atoms with Crippen molar-refractivity contribution in [3.63, 3.8) is 0 Å². The van der Waals surface area contributed by atoms with Crippen molar-refractivity contribution in [3.05, 3.63) is 64.7 Å². The number of esters is 1. The molecule has 0 saturated carbocycles. The average Bonchev–Trinajstić information content (AvgIpc) is 2.52. The molecule has 0 saturated heterocycles. The first-order chi connectivity index (χ1) is 10.2. The number of rotatable bonds is 5. The van der Waals surface area contributed by atoms with Gasteiger partial charge in [-0.3, -0.25) is 0 Å². The number of nitrogens with zero attached hydrogens (tertiary/aromatic N) is 1. The highest BCUT2D eigenvalue weighted by Gasteiger charge is 2.07. The van der Waals surface area contributed by atoms with Crippen LogP contribution in [0.5, 0.6) is 5.75 Å². The van der Waals surface area contributed by atoms with Crippen molar-refractivity contribution in [1.82, 2.24) is 0 Å². The Morgan fingerprint density at radius 3 is 2.57 bits per heavy atom. The summed E-state index contributed by atoms with van der Waals surface area (Å²) in [7, 11) is 0. The van der Waals surface area contributed by atoms with Gasteiger partial charge in [-0.25, -0.2) is 4.79 Å². The van der Waals surface area contributed by atoms with Gasteiger partial charge in [-0.15, -0.1) is 0 Å². The van der Waals surface area contributed by atoms with Crippen molar-refractivity contribution < 1.29 is 14.3 Å². The lowest BCUT2D eigenvalue weighted by Gasteiger charge is -2.08. The predicted molar refractivity (Wildman–Crippen MR) is 77.9 cm³/mol. The van der Waals surface area contributed by atoms with Crippen LogP contribution in [-0.2, 0) is 16.1 Å². The SMILES string of the molecule is N#Cc1ccccc1OCC(=O)OCc1ccc(Cl)cc1. The van der Waals surface area contributed by atoms with Gasteiger partial charge in [0.05, 0.1) is 5.56 Å². The smallest absolute Gasteiger partial charge is 0.344 e. The molecule has 2 rings (SSSR count). The molecular formula is C16H12ClNO3. The lowest BCUT2D eigenvalue weighted by Crippen LogP contribution is -2.15. The second kappa shape index (κ2) is 7.32. The summed E-state index contributed by atoms with van der Waals surface area (Å²) >= 11 is 5.77. The number of carbonyl (C=O) groups excluding carboxylic acids is 1. The van der Waals surface area contributed by atoms with Crippen molar-refractivity contribution >= 4 is 17.6 Å². The molecule has 0 aliphatic rings.